The van der Waals surface area contributed by atoms with Crippen molar-refractivity contribution >= 4 is 17.7 Å². The highest BCUT2D eigenvalue weighted by molar-refractivity contribution is 8.00. The second-order valence-corrected chi connectivity index (χ2v) is 5.54. The van der Waals surface area contributed by atoms with Crippen LogP contribution in [0.1, 0.15) is 38.5 Å². The normalized spacial score (nSPS) is 17.7. The molecule has 0 atom stereocenters. The Balaban J connectivity index is 1.83. The van der Waals surface area contributed by atoms with E-state index in [0.717, 1.165) is 32.4 Å². The van der Waals surface area contributed by atoms with E-state index in [1.165, 1.54) is 12.8 Å². The molecule has 0 amide bonds. The predicted octanol–water partition coefficient (Wildman–Crippen LogP) is 2.12. The third-order valence-electron chi connectivity index (χ3n) is 2.93. The molecule has 4 heteroatoms. The fourth-order valence-corrected chi connectivity index (χ4v) is 2.37. The molecule has 0 aliphatic heterocycles. The number of unbranched alkanes of at least 4 members (excludes halogenated alkanes) is 2. The quantitative estimate of drug-likeness (QED) is 0.597. The van der Waals surface area contributed by atoms with Crippen molar-refractivity contribution in [3.05, 3.63) is 0 Å². The molecule has 3 nitrogen and oxygen atoms in total. The van der Waals surface area contributed by atoms with Gasteiger partial charge in [-0.05, 0) is 38.5 Å². The Hall–Kier alpha value is -0.220. The summed E-state index contributed by atoms with van der Waals surface area (Å²) in [6.45, 7) is 2.15. The first-order valence-electron chi connectivity index (χ1n) is 5.66. The van der Waals surface area contributed by atoms with Gasteiger partial charge in [-0.25, -0.2) is 0 Å². The zero-order valence-electron chi connectivity index (χ0n) is 9.42. The minimum atomic E-state index is -0.678. The van der Waals surface area contributed by atoms with Crippen molar-refractivity contribution in [2.75, 3.05) is 19.3 Å². The number of hydrogen-bond acceptors (Lipinski definition) is 3. The second-order valence-electron chi connectivity index (χ2n) is 4.27. The van der Waals surface area contributed by atoms with Crippen LogP contribution in [0.15, 0.2) is 0 Å². The van der Waals surface area contributed by atoms with Crippen LogP contribution in [0.3, 0.4) is 0 Å². The Kier molecular flexibility index (Phi) is 5.47. The summed E-state index contributed by atoms with van der Waals surface area (Å²) in [6.07, 6.45) is 8.12. The largest absolute Gasteiger partial charge is 0.481 e. The highest BCUT2D eigenvalue weighted by Crippen LogP contribution is 2.46. The van der Waals surface area contributed by atoms with E-state index in [4.69, 9.17) is 5.11 Å². The van der Waals surface area contributed by atoms with Crippen LogP contribution in [0.5, 0.6) is 0 Å². The number of carboxylic acids is 1. The predicted molar refractivity (Wildman–Crippen MR) is 64.5 cm³/mol. The van der Waals surface area contributed by atoms with Crippen LogP contribution in [0, 0.1) is 0 Å². The molecule has 15 heavy (non-hydrogen) atoms. The lowest BCUT2D eigenvalue weighted by Gasteiger charge is -2.12. The van der Waals surface area contributed by atoms with Gasteiger partial charge < -0.3 is 10.4 Å². The average Bonchev–Trinajstić information content (AvgIpc) is 2.97. The fourth-order valence-electron chi connectivity index (χ4n) is 1.61. The van der Waals surface area contributed by atoms with Gasteiger partial charge in [-0.3, -0.25) is 4.79 Å². The first-order chi connectivity index (χ1) is 7.18. The highest BCUT2D eigenvalue weighted by Gasteiger charge is 2.41. The van der Waals surface area contributed by atoms with Gasteiger partial charge in [0.05, 0.1) is 0 Å². The third kappa shape index (κ3) is 5.42. The van der Waals surface area contributed by atoms with Crippen molar-refractivity contribution in [2.45, 2.75) is 43.3 Å². The van der Waals surface area contributed by atoms with Crippen LogP contribution in [0.4, 0.5) is 0 Å². The minimum absolute atomic E-state index is 0.314. The summed E-state index contributed by atoms with van der Waals surface area (Å²) < 4.78 is 0.543. The molecule has 0 spiro atoms. The zero-order chi connectivity index (χ0) is 11.1. The van der Waals surface area contributed by atoms with Crippen molar-refractivity contribution in [1.29, 1.82) is 0 Å². The summed E-state index contributed by atoms with van der Waals surface area (Å²) in [7, 11) is 0. The van der Waals surface area contributed by atoms with E-state index in [-0.39, 0.29) is 0 Å². The van der Waals surface area contributed by atoms with Gasteiger partial charge >= 0.3 is 5.97 Å². The van der Waals surface area contributed by atoms with Gasteiger partial charge in [-0.2, -0.15) is 11.8 Å². The van der Waals surface area contributed by atoms with E-state index in [9.17, 15) is 4.79 Å². The van der Waals surface area contributed by atoms with Crippen molar-refractivity contribution in [3.8, 4) is 0 Å². The summed E-state index contributed by atoms with van der Waals surface area (Å²) in [5.41, 5.74) is 0. The maximum atomic E-state index is 10.2. The lowest BCUT2D eigenvalue weighted by atomic mass is 10.2. The molecule has 88 valence electrons. The fraction of sp³-hybridized carbons (Fsp3) is 0.909. The SMILES string of the molecule is CSC1(CNCCCCCC(=O)O)CC1. The van der Waals surface area contributed by atoms with Gasteiger partial charge in [-0.15, -0.1) is 0 Å². The summed E-state index contributed by atoms with van der Waals surface area (Å²) in [4.78, 5) is 10.2. The standard InChI is InChI=1S/C11H21NO2S/c1-15-11(6-7-11)9-12-8-4-2-3-5-10(13)14/h12H,2-9H2,1H3,(H,13,14). The summed E-state index contributed by atoms with van der Waals surface area (Å²) in [5.74, 6) is -0.678. The molecule has 0 radical (unpaired) electrons. The zero-order valence-corrected chi connectivity index (χ0v) is 10.2. The lowest BCUT2D eigenvalue weighted by Crippen LogP contribution is -2.26. The number of hydrogen-bond donors (Lipinski definition) is 2. The van der Waals surface area contributed by atoms with Gasteiger partial charge in [0.25, 0.3) is 0 Å². The van der Waals surface area contributed by atoms with Crippen molar-refractivity contribution in [1.82, 2.24) is 5.32 Å². The van der Waals surface area contributed by atoms with Crippen LogP contribution in [-0.4, -0.2) is 35.2 Å². The van der Waals surface area contributed by atoms with Crippen molar-refractivity contribution in [2.24, 2.45) is 0 Å². The molecule has 0 unspecified atom stereocenters. The van der Waals surface area contributed by atoms with Gasteiger partial charge in [0, 0.05) is 17.7 Å². The van der Waals surface area contributed by atoms with Crippen molar-refractivity contribution < 1.29 is 9.90 Å². The minimum Gasteiger partial charge on any atom is -0.481 e. The number of carboxylic acid groups (broad SMARTS) is 1. The summed E-state index contributed by atoms with van der Waals surface area (Å²) in [6, 6.07) is 0. The maximum absolute atomic E-state index is 10.2. The molecule has 0 heterocycles. The molecule has 2 N–H and O–H groups in total. The molecule has 0 aromatic rings. The molecular weight excluding hydrogens is 210 g/mol. The Morgan fingerprint density at radius 1 is 1.40 bits per heavy atom. The average molecular weight is 231 g/mol. The summed E-state index contributed by atoms with van der Waals surface area (Å²) >= 11 is 1.97. The van der Waals surface area contributed by atoms with Crippen LogP contribution < -0.4 is 5.32 Å². The monoisotopic (exact) mass is 231 g/mol. The molecule has 0 bridgehead atoms. The Morgan fingerprint density at radius 3 is 2.67 bits per heavy atom. The molecule has 1 fully saturated rings. The first-order valence-corrected chi connectivity index (χ1v) is 6.89. The van der Waals surface area contributed by atoms with Gasteiger partial charge in [-0.1, -0.05) is 6.42 Å². The smallest absolute Gasteiger partial charge is 0.303 e. The lowest BCUT2D eigenvalue weighted by molar-refractivity contribution is -0.137. The van der Waals surface area contributed by atoms with Gasteiger partial charge in [0.15, 0.2) is 0 Å². The number of rotatable bonds is 9. The van der Waals surface area contributed by atoms with E-state index < -0.39 is 5.97 Å². The number of carbonyl (C=O) groups is 1. The number of thioether (sulfide) groups is 1. The molecule has 1 rings (SSSR count). The van der Waals surface area contributed by atoms with Crippen LogP contribution in [0.25, 0.3) is 0 Å². The Labute approximate surface area is 96.0 Å². The molecule has 0 saturated heterocycles. The van der Waals surface area contributed by atoms with E-state index in [2.05, 4.69) is 11.6 Å². The van der Waals surface area contributed by atoms with Crippen molar-refractivity contribution in [3.63, 3.8) is 0 Å². The third-order valence-corrected chi connectivity index (χ3v) is 4.35. The van der Waals surface area contributed by atoms with E-state index in [0.29, 0.717) is 11.2 Å². The Bertz CT molecular complexity index is 205. The molecular formula is C11H21NO2S. The summed E-state index contributed by atoms with van der Waals surface area (Å²) in [5, 5.41) is 11.9. The Morgan fingerprint density at radius 2 is 2.13 bits per heavy atom. The molecule has 1 aliphatic rings. The molecule has 1 aliphatic carbocycles. The molecule has 0 aromatic carbocycles. The molecule has 1 saturated carbocycles. The number of nitrogens with one attached hydrogen (secondary N) is 1. The van der Waals surface area contributed by atoms with Gasteiger partial charge in [0.2, 0.25) is 0 Å². The van der Waals surface area contributed by atoms with E-state index in [1.807, 2.05) is 11.8 Å². The molecule has 0 aromatic heterocycles. The van der Waals surface area contributed by atoms with Crippen LogP contribution in [-0.2, 0) is 4.79 Å². The van der Waals surface area contributed by atoms with Gasteiger partial charge in [0.1, 0.15) is 0 Å². The second kappa shape index (κ2) is 6.38. The highest BCUT2D eigenvalue weighted by atomic mass is 32.2. The maximum Gasteiger partial charge on any atom is 0.303 e. The first kappa shape index (κ1) is 12.8. The topological polar surface area (TPSA) is 49.3 Å². The van der Waals surface area contributed by atoms with Crippen LogP contribution >= 0.6 is 11.8 Å². The number of aliphatic carboxylic acids is 1. The van der Waals surface area contributed by atoms with Crippen LogP contribution in [0.2, 0.25) is 0 Å². The van der Waals surface area contributed by atoms with E-state index >= 15 is 0 Å². The van der Waals surface area contributed by atoms with E-state index in [1.54, 1.807) is 0 Å².